The van der Waals surface area contributed by atoms with Crippen LogP contribution in [0.15, 0.2) is 24.3 Å². The summed E-state index contributed by atoms with van der Waals surface area (Å²) in [6.45, 7) is 2.67. The molecule has 6 aliphatic rings. The molecule has 1 saturated heterocycles. The maximum absolute atomic E-state index is 13.5. The topological polar surface area (TPSA) is 40.6 Å². The zero-order valence-corrected chi connectivity index (χ0v) is 17.6. The van der Waals surface area contributed by atoms with Gasteiger partial charge in [0.1, 0.15) is 5.82 Å². The molecule has 1 aromatic rings. The molecule has 6 fully saturated rings. The van der Waals surface area contributed by atoms with Gasteiger partial charge in [0.05, 0.1) is 5.41 Å². The van der Waals surface area contributed by atoms with Gasteiger partial charge in [0.25, 0.3) is 0 Å². The molecule has 2 atom stereocenters. The van der Waals surface area contributed by atoms with Crippen molar-refractivity contribution in [2.75, 3.05) is 26.2 Å². The molecule has 4 nitrogen and oxygen atoms in total. The summed E-state index contributed by atoms with van der Waals surface area (Å²) in [4.78, 5) is 30.5. The predicted molar refractivity (Wildman–Crippen MR) is 111 cm³/mol. The average Bonchev–Trinajstić information content (AvgIpc) is 3.53. The summed E-state index contributed by atoms with van der Waals surface area (Å²) in [6, 6.07) is 6.55. The van der Waals surface area contributed by atoms with E-state index in [4.69, 9.17) is 0 Å². The monoisotopic (exact) mass is 410 g/mol. The van der Waals surface area contributed by atoms with Crippen LogP contribution in [0, 0.1) is 34.9 Å². The number of hydrogen-bond acceptors (Lipinski definition) is 2. The van der Waals surface area contributed by atoms with Crippen molar-refractivity contribution in [3.8, 4) is 0 Å². The van der Waals surface area contributed by atoms with Crippen molar-refractivity contribution >= 4 is 11.8 Å². The largest absolute Gasteiger partial charge is 0.339 e. The number of hydrogen-bond donors (Lipinski definition) is 0. The van der Waals surface area contributed by atoms with Crippen LogP contribution < -0.4 is 0 Å². The molecule has 5 heteroatoms. The van der Waals surface area contributed by atoms with E-state index in [1.807, 2.05) is 4.90 Å². The Morgan fingerprint density at radius 2 is 1.33 bits per heavy atom. The SMILES string of the molecule is O=C(C1CC1c1ccc(F)cc1)N1CCN(C(=O)C23CC4CC(CC(C4)C2)C3)CC1. The van der Waals surface area contributed by atoms with Crippen LogP contribution in [0.25, 0.3) is 0 Å². The van der Waals surface area contributed by atoms with Crippen molar-refractivity contribution in [1.29, 1.82) is 0 Å². The highest BCUT2D eigenvalue weighted by atomic mass is 19.1. The fourth-order valence-corrected chi connectivity index (χ4v) is 7.62. The Morgan fingerprint density at radius 1 is 0.800 bits per heavy atom. The van der Waals surface area contributed by atoms with Gasteiger partial charge in [0.15, 0.2) is 0 Å². The van der Waals surface area contributed by atoms with Crippen molar-refractivity contribution in [2.24, 2.45) is 29.1 Å². The third-order valence-corrected chi connectivity index (χ3v) is 8.78. The number of amides is 2. The van der Waals surface area contributed by atoms with Crippen molar-refractivity contribution < 1.29 is 14.0 Å². The molecule has 5 aliphatic carbocycles. The van der Waals surface area contributed by atoms with E-state index in [1.54, 1.807) is 12.1 Å². The van der Waals surface area contributed by atoms with E-state index < -0.39 is 0 Å². The zero-order valence-electron chi connectivity index (χ0n) is 17.6. The molecule has 30 heavy (non-hydrogen) atoms. The first-order valence-corrected chi connectivity index (χ1v) is 11.8. The van der Waals surface area contributed by atoms with Gasteiger partial charge in [-0.2, -0.15) is 0 Å². The molecule has 2 amide bonds. The zero-order chi connectivity index (χ0) is 20.5. The molecule has 1 aromatic carbocycles. The smallest absolute Gasteiger partial charge is 0.228 e. The Bertz CT molecular complexity index is 823. The molecule has 1 heterocycles. The standard InChI is InChI=1S/C25H31FN2O2/c26-20-3-1-19(2-4-20)21-12-22(21)23(29)27-5-7-28(8-6-27)24(30)25-13-16-9-17(14-25)11-18(10-16)15-25/h1-4,16-18,21-22H,5-15H2. The van der Waals surface area contributed by atoms with Crippen molar-refractivity contribution in [1.82, 2.24) is 9.80 Å². The first kappa shape index (κ1) is 18.8. The molecule has 4 bridgehead atoms. The summed E-state index contributed by atoms with van der Waals surface area (Å²) in [5, 5.41) is 0. The summed E-state index contributed by atoms with van der Waals surface area (Å²) in [5.74, 6) is 2.97. The number of benzene rings is 1. The van der Waals surface area contributed by atoms with Crippen LogP contribution in [-0.4, -0.2) is 47.8 Å². The van der Waals surface area contributed by atoms with Crippen molar-refractivity contribution in [3.05, 3.63) is 35.6 Å². The highest BCUT2D eigenvalue weighted by Gasteiger charge is 2.56. The van der Waals surface area contributed by atoms with Crippen LogP contribution in [0.5, 0.6) is 0 Å². The number of nitrogens with zero attached hydrogens (tertiary/aromatic N) is 2. The minimum absolute atomic E-state index is 0.0286. The van der Waals surface area contributed by atoms with Gasteiger partial charge in [-0.15, -0.1) is 0 Å². The summed E-state index contributed by atoms with van der Waals surface area (Å²) in [7, 11) is 0. The van der Waals surface area contributed by atoms with E-state index in [-0.39, 0.29) is 29.0 Å². The van der Waals surface area contributed by atoms with E-state index in [0.29, 0.717) is 32.1 Å². The van der Waals surface area contributed by atoms with E-state index in [0.717, 1.165) is 49.0 Å². The van der Waals surface area contributed by atoms with E-state index in [9.17, 15) is 14.0 Å². The van der Waals surface area contributed by atoms with E-state index in [2.05, 4.69) is 4.90 Å². The molecule has 0 N–H and O–H groups in total. The molecule has 5 saturated carbocycles. The van der Waals surface area contributed by atoms with Crippen molar-refractivity contribution in [3.63, 3.8) is 0 Å². The van der Waals surface area contributed by atoms with Crippen LogP contribution in [0.4, 0.5) is 4.39 Å². The van der Waals surface area contributed by atoms with Gasteiger partial charge in [-0.25, -0.2) is 4.39 Å². The minimum Gasteiger partial charge on any atom is -0.339 e. The first-order chi connectivity index (χ1) is 14.5. The van der Waals surface area contributed by atoms with E-state index in [1.165, 1.54) is 31.4 Å². The number of carbonyl (C=O) groups is 2. The second-order valence-electron chi connectivity index (χ2n) is 10.8. The summed E-state index contributed by atoms with van der Waals surface area (Å²) >= 11 is 0. The fourth-order valence-electron chi connectivity index (χ4n) is 7.62. The Hall–Kier alpha value is -1.91. The molecule has 0 radical (unpaired) electrons. The number of piperazine rings is 1. The predicted octanol–water partition coefficient (Wildman–Crippen LogP) is 3.82. The summed E-state index contributed by atoms with van der Waals surface area (Å²) in [6.07, 6.45) is 8.24. The minimum atomic E-state index is -0.234. The maximum Gasteiger partial charge on any atom is 0.228 e. The van der Waals surface area contributed by atoms with Gasteiger partial charge >= 0.3 is 0 Å². The Kier molecular flexibility index (Phi) is 4.26. The Morgan fingerprint density at radius 3 is 1.90 bits per heavy atom. The average molecular weight is 411 g/mol. The summed E-state index contributed by atoms with van der Waals surface area (Å²) < 4.78 is 13.1. The van der Waals surface area contributed by atoms with Gasteiger partial charge in [0.2, 0.25) is 11.8 Å². The van der Waals surface area contributed by atoms with Crippen LogP contribution in [0.1, 0.15) is 56.4 Å². The fraction of sp³-hybridized carbons (Fsp3) is 0.680. The van der Waals surface area contributed by atoms with Crippen molar-refractivity contribution in [2.45, 2.75) is 50.9 Å². The van der Waals surface area contributed by atoms with Crippen LogP contribution >= 0.6 is 0 Å². The van der Waals surface area contributed by atoms with Gasteiger partial charge in [-0.1, -0.05) is 12.1 Å². The third-order valence-electron chi connectivity index (χ3n) is 8.78. The molecular formula is C25H31FN2O2. The molecule has 1 aliphatic heterocycles. The quantitative estimate of drug-likeness (QED) is 0.760. The first-order valence-electron chi connectivity index (χ1n) is 11.8. The second kappa shape index (κ2) is 6.80. The van der Waals surface area contributed by atoms with Gasteiger partial charge in [0, 0.05) is 32.1 Å². The molecular weight excluding hydrogens is 379 g/mol. The maximum atomic E-state index is 13.5. The molecule has 2 unspecified atom stereocenters. The number of rotatable bonds is 3. The summed E-state index contributed by atoms with van der Waals surface area (Å²) in [5.41, 5.74) is 0.982. The number of carbonyl (C=O) groups excluding carboxylic acids is 2. The third kappa shape index (κ3) is 3.07. The van der Waals surface area contributed by atoms with E-state index >= 15 is 0 Å². The molecule has 7 rings (SSSR count). The van der Waals surface area contributed by atoms with Crippen LogP contribution in [-0.2, 0) is 9.59 Å². The lowest BCUT2D eigenvalue weighted by atomic mass is 9.49. The lowest BCUT2D eigenvalue weighted by Crippen LogP contribution is -2.58. The molecule has 0 aromatic heterocycles. The highest BCUT2D eigenvalue weighted by molar-refractivity contribution is 5.85. The molecule has 0 spiro atoms. The van der Waals surface area contributed by atoms with Gasteiger partial charge in [-0.3, -0.25) is 9.59 Å². The van der Waals surface area contributed by atoms with Crippen LogP contribution in [0.3, 0.4) is 0 Å². The second-order valence-corrected chi connectivity index (χ2v) is 10.8. The van der Waals surface area contributed by atoms with Gasteiger partial charge < -0.3 is 9.80 Å². The normalized spacial score (nSPS) is 39.3. The lowest BCUT2D eigenvalue weighted by molar-refractivity contribution is -0.160. The van der Waals surface area contributed by atoms with Crippen LogP contribution in [0.2, 0.25) is 0 Å². The number of halogens is 1. The highest BCUT2D eigenvalue weighted by Crippen LogP contribution is 2.60. The van der Waals surface area contributed by atoms with Gasteiger partial charge in [-0.05, 0) is 86.3 Å². The Balaban J connectivity index is 1.06. The lowest BCUT2D eigenvalue weighted by Gasteiger charge is -2.57. The molecule has 160 valence electrons. The Labute approximate surface area is 177 Å².